The van der Waals surface area contributed by atoms with E-state index in [-0.39, 0.29) is 24.9 Å². The van der Waals surface area contributed by atoms with Gasteiger partial charge in [-0.1, -0.05) is 17.2 Å². The second kappa shape index (κ2) is 7.88. The van der Waals surface area contributed by atoms with Gasteiger partial charge in [-0.15, -0.1) is 0 Å². The molecular formula is C15H21N3O3. The Bertz CT molecular complexity index is 503. The minimum Gasteiger partial charge on any atom is -0.497 e. The zero-order valence-electron chi connectivity index (χ0n) is 12.4. The first-order valence-corrected chi connectivity index (χ1v) is 7.07. The normalized spacial score (nSPS) is 25.1. The van der Waals surface area contributed by atoms with Gasteiger partial charge in [0, 0.05) is 24.0 Å². The van der Waals surface area contributed by atoms with Gasteiger partial charge < -0.3 is 14.2 Å². The molecule has 1 aromatic carbocycles. The summed E-state index contributed by atoms with van der Waals surface area (Å²) in [5.41, 5.74) is 9.80. The number of nitrogens with zero attached hydrogens (tertiary/aromatic N) is 3. The van der Waals surface area contributed by atoms with Crippen molar-refractivity contribution in [1.29, 1.82) is 0 Å². The Balaban J connectivity index is 2.20. The lowest BCUT2D eigenvalue weighted by molar-refractivity contribution is -0.0908. The van der Waals surface area contributed by atoms with Crippen LogP contribution in [0.1, 0.15) is 30.7 Å². The van der Waals surface area contributed by atoms with Crippen molar-refractivity contribution in [1.82, 2.24) is 0 Å². The van der Waals surface area contributed by atoms with Crippen LogP contribution in [0.5, 0.6) is 5.75 Å². The fourth-order valence-corrected chi connectivity index (χ4v) is 2.88. The van der Waals surface area contributed by atoms with Crippen molar-refractivity contribution < 1.29 is 14.2 Å². The molecule has 0 aromatic heterocycles. The van der Waals surface area contributed by atoms with E-state index in [2.05, 4.69) is 16.1 Å². The monoisotopic (exact) mass is 291 g/mol. The van der Waals surface area contributed by atoms with Crippen molar-refractivity contribution in [3.05, 3.63) is 40.3 Å². The lowest BCUT2D eigenvalue weighted by atomic mass is 9.79. The van der Waals surface area contributed by atoms with Crippen molar-refractivity contribution >= 4 is 0 Å². The highest BCUT2D eigenvalue weighted by Gasteiger charge is 2.32. The molecule has 2 rings (SSSR count). The Morgan fingerprint density at radius 2 is 2.19 bits per heavy atom. The van der Waals surface area contributed by atoms with Crippen LogP contribution >= 0.6 is 0 Å². The smallest absolute Gasteiger partial charge is 0.146 e. The summed E-state index contributed by atoms with van der Waals surface area (Å²) >= 11 is 0. The van der Waals surface area contributed by atoms with Crippen LogP contribution in [-0.4, -0.2) is 33.2 Å². The molecule has 1 fully saturated rings. The number of methoxy groups -OCH3 is 2. The average molecular weight is 291 g/mol. The number of hydrogen-bond acceptors (Lipinski definition) is 4. The molecule has 6 nitrogen and oxygen atoms in total. The highest BCUT2D eigenvalue weighted by Crippen LogP contribution is 2.37. The SMILES string of the molecule is COCO[C@@H]1CC[C@@H](N=[N+]=[N-])C[C@H]1c1cccc(OC)c1. The number of benzene rings is 1. The van der Waals surface area contributed by atoms with Crippen molar-refractivity contribution in [3.8, 4) is 5.75 Å². The highest BCUT2D eigenvalue weighted by atomic mass is 16.7. The van der Waals surface area contributed by atoms with Crippen LogP contribution < -0.4 is 4.74 Å². The quantitative estimate of drug-likeness (QED) is 0.347. The number of hydrogen-bond donors (Lipinski definition) is 0. The van der Waals surface area contributed by atoms with E-state index in [9.17, 15) is 0 Å². The predicted octanol–water partition coefficient (Wildman–Crippen LogP) is 3.63. The summed E-state index contributed by atoms with van der Waals surface area (Å²) in [6, 6.07) is 8.00. The van der Waals surface area contributed by atoms with Gasteiger partial charge in [-0.2, -0.15) is 0 Å². The third kappa shape index (κ3) is 4.11. The molecule has 0 amide bonds. The van der Waals surface area contributed by atoms with Crippen molar-refractivity contribution in [2.45, 2.75) is 37.3 Å². The number of ether oxygens (including phenoxy) is 3. The minimum absolute atomic E-state index is 0.0218. The fraction of sp³-hybridized carbons (Fsp3) is 0.600. The first-order chi connectivity index (χ1) is 10.3. The third-order valence-corrected chi connectivity index (χ3v) is 3.90. The van der Waals surface area contributed by atoms with Gasteiger partial charge in [-0.05, 0) is 42.5 Å². The maximum atomic E-state index is 8.65. The second-order valence-corrected chi connectivity index (χ2v) is 5.17. The van der Waals surface area contributed by atoms with E-state index >= 15 is 0 Å². The predicted molar refractivity (Wildman–Crippen MR) is 79.3 cm³/mol. The number of azide groups is 1. The zero-order valence-corrected chi connectivity index (χ0v) is 12.4. The molecule has 0 saturated heterocycles. The second-order valence-electron chi connectivity index (χ2n) is 5.17. The Hall–Kier alpha value is -1.75. The van der Waals surface area contributed by atoms with Gasteiger partial charge in [0.25, 0.3) is 0 Å². The summed E-state index contributed by atoms with van der Waals surface area (Å²) in [6.07, 6.45) is 2.56. The Labute approximate surface area is 124 Å². The molecule has 0 heterocycles. The van der Waals surface area contributed by atoms with Crippen molar-refractivity contribution in [2.75, 3.05) is 21.0 Å². The lowest BCUT2D eigenvalue weighted by Gasteiger charge is -2.34. The van der Waals surface area contributed by atoms with Gasteiger partial charge >= 0.3 is 0 Å². The molecule has 0 aliphatic heterocycles. The van der Waals surface area contributed by atoms with Gasteiger partial charge in [-0.3, -0.25) is 0 Å². The van der Waals surface area contributed by atoms with Crippen LogP contribution in [0.4, 0.5) is 0 Å². The average Bonchev–Trinajstić information content (AvgIpc) is 2.54. The summed E-state index contributed by atoms with van der Waals surface area (Å²) in [5, 5.41) is 3.88. The van der Waals surface area contributed by atoms with Crippen LogP contribution in [-0.2, 0) is 9.47 Å². The first-order valence-electron chi connectivity index (χ1n) is 7.07. The molecule has 3 atom stereocenters. The van der Waals surface area contributed by atoms with E-state index in [0.717, 1.165) is 30.6 Å². The van der Waals surface area contributed by atoms with E-state index in [4.69, 9.17) is 19.7 Å². The summed E-state index contributed by atoms with van der Waals surface area (Å²) < 4.78 is 16.1. The van der Waals surface area contributed by atoms with Crippen molar-refractivity contribution in [2.24, 2.45) is 5.11 Å². The van der Waals surface area contributed by atoms with Gasteiger partial charge in [0.1, 0.15) is 12.5 Å². The largest absolute Gasteiger partial charge is 0.497 e. The number of rotatable bonds is 6. The molecule has 1 aromatic rings. The molecule has 21 heavy (non-hydrogen) atoms. The molecule has 0 unspecified atom stereocenters. The van der Waals surface area contributed by atoms with E-state index < -0.39 is 0 Å². The lowest BCUT2D eigenvalue weighted by Crippen LogP contribution is -2.32. The Morgan fingerprint density at radius 1 is 1.33 bits per heavy atom. The van der Waals surface area contributed by atoms with E-state index in [1.54, 1.807) is 14.2 Å². The standard InChI is InChI=1S/C15H21N3O3/c1-19-10-21-15-7-6-12(17-18-16)9-14(15)11-4-3-5-13(8-11)20-2/h3-5,8,12,14-15H,6-7,9-10H2,1-2H3/t12-,14+,15-/m1/s1. The first kappa shape index (κ1) is 15.6. The molecule has 0 bridgehead atoms. The van der Waals surface area contributed by atoms with Gasteiger partial charge in [0.15, 0.2) is 0 Å². The molecular weight excluding hydrogens is 270 g/mol. The van der Waals surface area contributed by atoms with Gasteiger partial charge in [0.2, 0.25) is 0 Å². The third-order valence-electron chi connectivity index (χ3n) is 3.90. The fourth-order valence-electron chi connectivity index (χ4n) is 2.88. The molecule has 114 valence electrons. The molecule has 0 radical (unpaired) electrons. The zero-order chi connectivity index (χ0) is 15.1. The minimum atomic E-state index is 0.0218. The molecule has 0 N–H and O–H groups in total. The Morgan fingerprint density at radius 3 is 2.90 bits per heavy atom. The van der Waals surface area contributed by atoms with E-state index in [1.165, 1.54) is 0 Å². The van der Waals surface area contributed by atoms with Gasteiger partial charge in [0.05, 0.1) is 13.2 Å². The van der Waals surface area contributed by atoms with E-state index in [0.29, 0.717) is 0 Å². The Kier molecular flexibility index (Phi) is 5.87. The van der Waals surface area contributed by atoms with Crippen LogP contribution in [0.2, 0.25) is 0 Å². The maximum absolute atomic E-state index is 8.65. The van der Waals surface area contributed by atoms with Crippen LogP contribution in [0.3, 0.4) is 0 Å². The molecule has 0 spiro atoms. The van der Waals surface area contributed by atoms with Gasteiger partial charge in [-0.25, -0.2) is 0 Å². The summed E-state index contributed by atoms with van der Waals surface area (Å²) in [6.45, 7) is 0.275. The maximum Gasteiger partial charge on any atom is 0.146 e. The summed E-state index contributed by atoms with van der Waals surface area (Å²) in [5.74, 6) is 1.00. The van der Waals surface area contributed by atoms with Crippen LogP contribution in [0, 0.1) is 0 Å². The molecule has 1 saturated carbocycles. The van der Waals surface area contributed by atoms with Crippen LogP contribution in [0.25, 0.3) is 10.4 Å². The van der Waals surface area contributed by atoms with E-state index in [1.807, 2.05) is 18.2 Å². The summed E-state index contributed by atoms with van der Waals surface area (Å²) in [4.78, 5) is 2.94. The highest BCUT2D eigenvalue weighted by molar-refractivity contribution is 5.32. The molecule has 6 heteroatoms. The molecule has 1 aliphatic carbocycles. The topological polar surface area (TPSA) is 76.5 Å². The molecule has 1 aliphatic rings. The van der Waals surface area contributed by atoms with Crippen molar-refractivity contribution in [3.63, 3.8) is 0 Å². The summed E-state index contributed by atoms with van der Waals surface area (Å²) in [7, 11) is 3.27. The van der Waals surface area contributed by atoms with Crippen LogP contribution in [0.15, 0.2) is 29.4 Å².